The maximum absolute atomic E-state index is 11.1. The summed E-state index contributed by atoms with van der Waals surface area (Å²) in [7, 11) is 0. The Balaban J connectivity index is 1.90. The van der Waals surface area contributed by atoms with Crippen molar-refractivity contribution in [2.75, 3.05) is 6.61 Å². The maximum Gasteiger partial charge on any atom is 0.303 e. The lowest BCUT2D eigenvalue weighted by molar-refractivity contribution is -0.302. The van der Waals surface area contributed by atoms with E-state index in [9.17, 15) is 4.79 Å². The molecule has 0 aromatic carbocycles. The molecule has 1 unspecified atom stereocenters. The van der Waals surface area contributed by atoms with Crippen LogP contribution >= 0.6 is 11.6 Å². The van der Waals surface area contributed by atoms with Crippen LogP contribution in [-0.4, -0.2) is 48.2 Å². The average molecular weight is 263 g/mol. The van der Waals surface area contributed by atoms with Gasteiger partial charge in [0, 0.05) is 13.3 Å². The molecule has 4 heterocycles. The van der Waals surface area contributed by atoms with E-state index in [1.165, 1.54) is 6.92 Å². The molecular weight excluding hydrogens is 248 g/mol. The maximum atomic E-state index is 11.1. The van der Waals surface area contributed by atoms with Crippen molar-refractivity contribution in [3.05, 3.63) is 0 Å². The molecule has 6 heteroatoms. The second-order valence-electron chi connectivity index (χ2n) is 4.96. The fourth-order valence-corrected chi connectivity index (χ4v) is 3.12. The lowest BCUT2D eigenvalue weighted by Gasteiger charge is -2.48. The molecule has 4 aliphatic heterocycles. The normalized spacial score (nSPS) is 52.3. The van der Waals surface area contributed by atoms with Crippen molar-refractivity contribution in [2.24, 2.45) is 0 Å². The number of carbonyl (C=O) groups is 1. The Morgan fingerprint density at radius 2 is 2.24 bits per heavy atom. The summed E-state index contributed by atoms with van der Waals surface area (Å²) in [6.07, 6.45) is -0.610. The molecule has 0 N–H and O–H groups in total. The van der Waals surface area contributed by atoms with Gasteiger partial charge in [0.25, 0.3) is 0 Å². The number of ether oxygens (including phenoxy) is 4. The number of rotatable bonds is 1. The highest BCUT2D eigenvalue weighted by Crippen LogP contribution is 2.44. The third kappa shape index (κ3) is 1.85. The van der Waals surface area contributed by atoms with Crippen molar-refractivity contribution in [3.8, 4) is 0 Å². The number of fused-ring (bicyclic) bond motifs is 1. The second kappa shape index (κ2) is 3.82. The quantitative estimate of drug-likeness (QED) is 0.518. The van der Waals surface area contributed by atoms with Crippen LogP contribution in [0, 0.1) is 0 Å². The summed E-state index contributed by atoms with van der Waals surface area (Å²) in [5, 5.41) is -0.349. The van der Waals surface area contributed by atoms with Crippen molar-refractivity contribution in [2.45, 2.75) is 55.8 Å². The molecule has 5 nitrogen and oxygen atoms in total. The van der Waals surface area contributed by atoms with Crippen molar-refractivity contribution in [3.63, 3.8) is 0 Å². The van der Waals surface area contributed by atoms with Crippen molar-refractivity contribution < 1.29 is 23.7 Å². The molecular formula is C11H15ClO5. The van der Waals surface area contributed by atoms with Crippen LogP contribution in [0.2, 0.25) is 0 Å². The third-order valence-corrected chi connectivity index (χ3v) is 4.05. The molecule has 6 atom stereocenters. The van der Waals surface area contributed by atoms with Gasteiger partial charge in [-0.15, -0.1) is 11.6 Å². The number of alkyl halides is 1. The SMILES string of the molecule is CC(=O)O[C@@H]1[C@H]2OC3(C)C[C@@H]1O[C@H](CO3)[C@@H]2Cl. The van der Waals surface area contributed by atoms with Gasteiger partial charge in [-0.3, -0.25) is 4.79 Å². The lowest BCUT2D eigenvalue weighted by atomic mass is 9.90. The van der Waals surface area contributed by atoms with Crippen LogP contribution in [0.25, 0.3) is 0 Å². The fraction of sp³-hybridized carbons (Fsp3) is 0.909. The predicted octanol–water partition coefficient (Wildman–Crippen LogP) is 0.828. The minimum atomic E-state index is -0.676. The van der Waals surface area contributed by atoms with Gasteiger partial charge in [0.2, 0.25) is 0 Å². The van der Waals surface area contributed by atoms with E-state index in [4.69, 9.17) is 30.5 Å². The van der Waals surface area contributed by atoms with Gasteiger partial charge in [-0.2, -0.15) is 0 Å². The van der Waals surface area contributed by atoms with Gasteiger partial charge in [0.15, 0.2) is 11.9 Å². The standard InChI is InChI=1S/C11H15ClO5/c1-5(13)15-9-6-3-11(2)14-4-7(16-6)8(12)10(9)17-11/h6-10H,3-4H2,1-2H3/t6-,7+,8-,9-,10-,11?/m0/s1. The van der Waals surface area contributed by atoms with E-state index in [-0.39, 0.29) is 29.7 Å². The molecule has 4 aliphatic rings. The van der Waals surface area contributed by atoms with Crippen LogP contribution < -0.4 is 0 Å². The van der Waals surface area contributed by atoms with E-state index >= 15 is 0 Å². The molecule has 0 aliphatic carbocycles. The summed E-state index contributed by atoms with van der Waals surface area (Å²) in [6.45, 7) is 3.67. The summed E-state index contributed by atoms with van der Waals surface area (Å²) in [4.78, 5) is 11.1. The first kappa shape index (κ1) is 11.7. The van der Waals surface area contributed by atoms with Gasteiger partial charge in [-0.25, -0.2) is 0 Å². The Kier molecular flexibility index (Phi) is 2.63. The summed E-state index contributed by atoms with van der Waals surface area (Å²) in [5.41, 5.74) is 0. The molecule has 4 bridgehead atoms. The first-order chi connectivity index (χ1) is 7.98. The van der Waals surface area contributed by atoms with E-state index in [0.29, 0.717) is 13.0 Å². The Morgan fingerprint density at radius 3 is 2.94 bits per heavy atom. The molecule has 0 aromatic heterocycles. The van der Waals surface area contributed by atoms with Crippen molar-refractivity contribution in [1.29, 1.82) is 0 Å². The molecule has 0 aromatic rings. The molecule has 4 rings (SSSR count). The van der Waals surface area contributed by atoms with Gasteiger partial charge in [0.05, 0.1) is 12.0 Å². The van der Waals surface area contributed by atoms with Gasteiger partial charge < -0.3 is 18.9 Å². The number of hydrogen-bond acceptors (Lipinski definition) is 5. The summed E-state index contributed by atoms with van der Waals surface area (Å²) < 4.78 is 22.6. The molecule has 0 radical (unpaired) electrons. The van der Waals surface area contributed by atoms with Gasteiger partial charge >= 0.3 is 5.97 Å². The summed E-state index contributed by atoms with van der Waals surface area (Å²) in [6, 6.07) is 0. The minimum Gasteiger partial charge on any atom is -0.457 e. The monoisotopic (exact) mass is 262 g/mol. The number of hydrogen-bond donors (Lipinski definition) is 0. The molecule has 4 fully saturated rings. The van der Waals surface area contributed by atoms with E-state index < -0.39 is 11.9 Å². The molecule has 96 valence electrons. The minimum absolute atomic E-state index is 0.190. The Morgan fingerprint density at radius 1 is 1.47 bits per heavy atom. The number of esters is 1. The molecule has 4 saturated heterocycles. The zero-order valence-corrected chi connectivity index (χ0v) is 10.5. The van der Waals surface area contributed by atoms with Crippen molar-refractivity contribution in [1.82, 2.24) is 0 Å². The smallest absolute Gasteiger partial charge is 0.303 e. The van der Waals surface area contributed by atoms with Crippen LogP contribution in [0.15, 0.2) is 0 Å². The zero-order chi connectivity index (χ0) is 12.2. The lowest BCUT2D eigenvalue weighted by Crippen LogP contribution is -2.63. The van der Waals surface area contributed by atoms with Crippen LogP contribution in [0.1, 0.15) is 20.3 Å². The molecule has 17 heavy (non-hydrogen) atoms. The van der Waals surface area contributed by atoms with Crippen molar-refractivity contribution >= 4 is 17.6 Å². The van der Waals surface area contributed by atoms with Gasteiger partial charge in [-0.1, -0.05) is 0 Å². The Hall–Kier alpha value is -0.360. The van der Waals surface area contributed by atoms with Crippen LogP contribution in [0.3, 0.4) is 0 Å². The molecule has 0 spiro atoms. The number of halogens is 1. The Labute approximate surface area is 104 Å². The Bertz CT molecular complexity index is 349. The van der Waals surface area contributed by atoms with E-state index in [1.807, 2.05) is 6.92 Å². The largest absolute Gasteiger partial charge is 0.457 e. The average Bonchev–Trinajstić information content (AvgIpc) is 2.43. The zero-order valence-electron chi connectivity index (χ0n) is 9.72. The number of carbonyl (C=O) groups excluding carboxylic acids is 1. The highest BCUT2D eigenvalue weighted by atomic mass is 35.5. The predicted molar refractivity (Wildman–Crippen MR) is 57.7 cm³/mol. The molecule has 0 amide bonds. The summed E-state index contributed by atoms with van der Waals surface area (Å²) >= 11 is 6.29. The van der Waals surface area contributed by atoms with E-state index in [1.54, 1.807) is 0 Å². The topological polar surface area (TPSA) is 54.0 Å². The van der Waals surface area contributed by atoms with E-state index in [2.05, 4.69) is 0 Å². The first-order valence-corrected chi connectivity index (χ1v) is 6.21. The van der Waals surface area contributed by atoms with E-state index in [0.717, 1.165) is 0 Å². The van der Waals surface area contributed by atoms with Crippen LogP contribution in [0.4, 0.5) is 0 Å². The molecule has 0 saturated carbocycles. The van der Waals surface area contributed by atoms with Crippen LogP contribution in [-0.2, 0) is 23.7 Å². The third-order valence-electron chi connectivity index (χ3n) is 3.52. The summed E-state index contributed by atoms with van der Waals surface area (Å²) in [5.74, 6) is -1.02. The highest BCUT2D eigenvalue weighted by Gasteiger charge is 2.58. The van der Waals surface area contributed by atoms with Crippen LogP contribution in [0.5, 0.6) is 0 Å². The van der Waals surface area contributed by atoms with Gasteiger partial charge in [-0.05, 0) is 6.92 Å². The van der Waals surface area contributed by atoms with Gasteiger partial charge in [0.1, 0.15) is 18.3 Å². The fourth-order valence-electron chi connectivity index (χ4n) is 2.80. The second-order valence-corrected chi connectivity index (χ2v) is 5.47. The first-order valence-electron chi connectivity index (χ1n) is 5.77. The highest BCUT2D eigenvalue weighted by molar-refractivity contribution is 6.21.